The molecule has 1 aliphatic heterocycles. The summed E-state index contributed by atoms with van der Waals surface area (Å²) < 4.78 is 5.88. The number of ether oxygens (including phenoxy) is 1. The summed E-state index contributed by atoms with van der Waals surface area (Å²) in [4.78, 5) is 0. The van der Waals surface area contributed by atoms with E-state index in [1.54, 1.807) is 0 Å². The molecule has 1 aromatic carbocycles. The molecule has 1 aliphatic carbocycles. The summed E-state index contributed by atoms with van der Waals surface area (Å²) in [5.74, 6) is 0.732. The Labute approximate surface area is 122 Å². The Morgan fingerprint density at radius 2 is 2.10 bits per heavy atom. The molecule has 1 heterocycles. The average Bonchev–Trinajstić information content (AvgIpc) is 2.47. The van der Waals surface area contributed by atoms with E-state index in [1.807, 2.05) is 0 Å². The van der Waals surface area contributed by atoms with Crippen molar-refractivity contribution in [3.63, 3.8) is 0 Å². The second-order valence-electron chi connectivity index (χ2n) is 7.19. The van der Waals surface area contributed by atoms with E-state index in [0.29, 0.717) is 5.41 Å². The largest absolute Gasteiger partial charge is 0.371 e. The van der Waals surface area contributed by atoms with Crippen LogP contribution in [0.15, 0.2) is 24.3 Å². The summed E-state index contributed by atoms with van der Waals surface area (Å²) in [5.41, 5.74) is 3.37. The molecule has 0 aromatic heterocycles. The smallest absolute Gasteiger partial charge is 0.0949 e. The molecule has 2 nitrogen and oxygen atoms in total. The summed E-state index contributed by atoms with van der Waals surface area (Å²) in [6.45, 7) is 7.58. The van der Waals surface area contributed by atoms with Gasteiger partial charge in [0.05, 0.1) is 12.7 Å². The summed E-state index contributed by atoms with van der Waals surface area (Å²) in [6, 6.07) is 9.13. The molecule has 2 aliphatic rings. The highest BCUT2D eigenvalue weighted by Crippen LogP contribution is 2.43. The fraction of sp³-hybridized carbons (Fsp3) is 0.667. The van der Waals surface area contributed by atoms with Crippen molar-refractivity contribution in [1.29, 1.82) is 0 Å². The molecule has 20 heavy (non-hydrogen) atoms. The number of hydrogen-bond acceptors (Lipinski definition) is 2. The lowest BCUT2D eigenvalue weighted by Gasteiger charge is -2.36. The highest BCUT2D eigenvalue weighted by Gasteiger charge is 2.29. The number of nitrogens with one attached hydrogen (secondary N) is 1. The lowest BCUT2D eigenvalue weighted by Crippen LogP contribution is -2.33. The maximum absolute atomic E-state index is 5.88. The molecular formula is C18H27NO. The Hall–Kier alpha value is -0.860. The van der Waals surface area contributed by atoms with E-state index >= 15 is 0 Å². The summed E-state index contributed by atoms with van der Waals surface area (Å²) in [7, 11) is 0. The maximum Gasteiger partial charge on any atom is 0.0949 e. The molecule has 0 spiro atoms. The normalized spacial score (nSPS) is 30.1. The topological polar surface area (TPSA) is 21.3 Å². The van der Waals surface area contributed by atoms with Crippen LogP contribution in [0.25, 0.3) is 0 Å². The zero-order valence-corrected chi connectivity index (χ0v) is 12.8. The van der Waals surface area contributed by atoms with Crippen LogP contribution in [0.2, 0.25) is 0 Å². The summed E-state index contributed by atoms with van der Waals surface area (Å²) in [5, 5.41) is 3.42. The third-order valence-electron chi connectivity index (χ3n) is 4.89. The van der Waals surface area contributed by atoms with Crippen molar-refractivity contribution in [3.05, 3.63) is 35.4 Å². The molecule has 2 fully saturated rings. The van der Waals surface area contributed by atoms with E-state index in [4.69, 9.17) is 4.74 Å². The molecule has 1 N–H and O–H groups in total. The molecule has 2 atom stereocenters. The van der Waals surface area contributed by atoms with Crippen LogP contribution in [0.1, 0.15) is 62.7 Å². The highest BCUT2D eigenvalue weighted by molar-refractivity contribution is 5.29. The van der Waals surface area contributed by atoms with Gasteiger partial charge in [-0.25, -0.2) is 0 Å². The fourth-order valence-corrected chi connectivity index (χ4v) is 3.78. The molecule has 0 bridgehead atoms. The quantitative estimate of drug-likeness (QED) is 0.878. The van der Waals surface area contributed by atoms with Gasteiger partial charge in [-0.1, -0.05) is 44.5 Å². The van der Waals surface area contributed by atoms with Gasteiger partial charge in [-0.05, 0) is 41.7 Å². The zero-order chi connectivity index (χ0) is 14.0. The predicted molar refractivity (Wildman–Crippen MR) is 83.0 cm³/mol. The third-order valence-corrected chi connectivity index (χ3v) is 4.89. The lowest BCUT2D eigenvalue weighted by atomic mass is 9.70. The van der Waals surface area contributed by atoms with Crippen molar-refractivity contribution >= 4 is 0 Å². The molecule has 1 saturated heterocycles. The second-order valence-corrected chi connectivity index (χ2v) is 7.19. The van der Waals surface area contributed by atoms with Gasteiger partial charge in [0, 0.05) is 13.1 Å². The molecule has 2 heteroatoms. The predicted octanol–water partition coefficient (Wildman–Crippen LogP) is 4.03. The number of hydrogen-bond donors (Lipinski definition) is 1. The van der Waals surface area contributed by atoms with E-state index in [0.717, 1.165) is 25.6 Å². The first-order valence-corrected chi connectivity index (χ1v) is 8.06. The average molecular weight is 273 g/mol. The molecule has 1 aromatic rings. The van der Waals surface area contributed by atoms with Crippen molar-refractivity contribution in [2.45, 2.75) is 51.6 Å². The van der Waals surface area contributed by atoms with Crippen LogP contribution in [-0.2, 0) is 4.74 Å². The van der Waals surface area contributed by atoms with Crippen LogP contribution in [0, 0.1) is 5.41 Å². The van der Waals surface area contributed by atoms with E-state index in [1.165, 1.54) is 36.8 Å². The standard InChI is InChI=1S/C18H27NO/c1-18(2)8-4-7-16(12-18)14-5-3-6-15(11-14)17-13-19-9-10-20-17/h3,5-6,11,16-17,19H,4,7-10,12-13H2,1-2H3. The Morgan fingerprint density at radius 3 is 2.85 bits per heavy atom. The van der Waals surface area contributed by atoms with E-state index in [-0.39, 0.29) is 6.10 Å². The Bertz CT molecular complexity index is 448. The van der Waals surface area contributed by atoms with E-state index in [9.17, 15) is 0 Å². The minimum Gasteiger partial charge on any atom is -0.371 e. The SMILES string of the molecule is CC1(C)CCCC(c2cccc(C3CNCCO3)c2)C1. The van der Waals surface area contributed by atoms with Gasteiger partial charge >= 0.3 is 0 Å². The van der Waals surface area contributed by atoms with Crippen molar-refractivity contribution in [1.82, 2.24) is 5.32 Å². The van der Waals surface area contributed by atoms with E-state index in [2.05, 4.69) is 43.4 Å². The molecule has 2 unspecified atom stereocenters. The minimum atomic E-state index is 0.236. The molecule has 0 radical (unpaired) electrons. The van der Waals surface area contributed by atoms with Crippen LogP contribution in [-0.4, -0.2) is 19.7 Å². The summed E-state index contributed by atoms with van der Waals surface area (Å²) >= 11 is 0. The van der Waals surface area contributed by atoms with Crippen molar-refractivity contribution < 1.29 is 4.74 Å². The minimum absolute atomic E-state index is 0.236. The van der Waals surface area contributed by atoms with Gasteiger partial charge in [0.25, 0.3) is 0 Å². The van der Waals surface area contributed by atoms with Gasteiger partial charge in [-0.15, -0.1) is 0 Å². The Morgan fingerprint density at radius 1 is 1.25 bits per heavy atom. The monoisotopic (exact) mass is 273 g/mol. The summed E-state index contributed by atoms with van der Waals surface area (Å²) in [6.07, 6.45) is 5.64. The number of rotatable bonds is 2. The maximum atomic E-state index is 5.88. The van der Waals surface area contributed by atoms with Crippen LogP contribution in [0.5, 0.6) is 0 Å². The first-order chi connectivity index (χ1) is 9.64. The van der Waals surface area contributed by atoms with Crippen molar-refractivity contribution in [2.75, 3.05) is 19.7 Å². The van der Waals surface area contributed by atoms with Gasteiger partial charge < -0.3 is 10.1 Å². The van der Waals surface area contributed by atoms with Crippen LogP contribution >= 0.6 is 0 Å². The molecular weight excluding hydrogens is 246 g/mol. The van der Waals surface area contributed by atoms with Crippen molar-refractivity contribution in [2.24, 2.45) is 5.41 Å². The molecule has 110 valence electrons. The Balaban J connectivity index is 1.76. The molecule has 3 rings (SSSR count). The van der Waals surface area contributed by atoms with Crippen LogP contribution in [0.3, 0.4) is 0 Å². The van der Waals surface area contributed by atoms with Crippen LogP contribution < -0.4 is 5.32 Å². The van der Waals surface area contributed by atoms with Crippen molar-refractivity contribution in [3.8, 4) is 0 Å². The van der Waals surface area contributed by atoms with Gasteiger partial charge in [0.1, 0.15) is 0 Å². The fourth-order valence-electron chi connectivity index (χ4n) is 3.78. The van der Waals surface area contributed by atoms with Gasteiger partial charge in [0.15, 0.2) is 0 Å². The number of benzene rings is 1. The molecule has 0 amide bonds. The van der Waals surface area contributed by atoms with Gasteiger partial charge in [-0.3, -0.25) is 0 Å². The van der Waals surface area contributed by atoms with Crippen LogP contribution in [0.4, 0.5) is 0 Å². The molecule has 1 saturated carbocycles. The number of morpholine rings is 1. The van der Waals surface area contributed by atoms with E-state index < -0.39 is 0 Å². The van der Waals surface area contributed by atoms with Gasteiger partial charge in [0.2, 0.25) is 0 Å². The third kappa shape index (κ3) is 3.24. The Kier molecular flexibility index (Phi) is 4.13. The zero-order valence-electron chi connectivity index (χ0n) is 12.8. The highest BCUT2D eigenvalue weighted by atomic mass is 16.5. The van der Waals surface area contributed by atoms with Gasteiger partial charge in [-0.2, -0.15) is 0 Å². The first kappa shape index (κ1) is 14.1. The second kappa shape index (κ2) is 5.87. The first-order valence-electron chi connectivity index (χ1n) is 8.06. The lowest BCUT2D eigenvalue weighted by molar-refractivity contribution is 0.0276.